The van der Waals surface area contributed by atoms with Crippen molar-refractivity contribution in [1.29, 1.82) is 0 Å². The van der Waals surface area contributed by atoms with E-state index >= 15 is 0 Å². The first-order valence-electron chi connectivity index (χ1n) is 8.81. The van der Waals surface area contributed by atoms with Crippen LogP contribution in [0.2, 0.25) is 0 Å². The lowest BCUT2D eigenvalue weighted by molar-refractivity contribution is -0.387. The van der Waals surface area contributed by atoms with Gasteiger partial charge in [0.2, 0.25) is 0 Å². The topological polar surface area (TPSA) is 85.1 Å². The van der Waals surface area contributed by atoms with Crippen LogP contribution >= 0.6 is 11.8 Å². The Bertz CT molecular complexity index is 645. The third kappa shape index (κ3) is 4.79. The van der Waals surface area contributed by atoms with E-state index < -0.39 is 0 Å². The van der Waals surface area contributed by atoms with Crippen molar-refractivity contribution in [2.24, 2.45) is 0 Å². The minimum absolute atomic E-state index is 0.0814. The lowest BCUT2D eigenvalue weighted by Crippen LogP contribution is -2.36. The van der Waals surface area contributed by atoms with Gasteiger partial charge in [-0.1, -0.05) is 0 Å². The van der Waals surface area contributed by atoms with Crippen molar-refractivity contribution in [3.8, 4) is 0 Å². The van der Waals surface area contributed by atoms with Gasteiger partial charge < -0.3 is 19.3 Å². The molecule has 0 spiro atoms. The predicted octanol–water partition coefficient (Wildman–Crippen LogP) is 2.76. The summed E-state index contributed by atoms with van der Waals surface area (Å²) in [5.74, 6) is 0.479. The molecule has 0 atom stereocenters. The molecule has 0 aliphatic carbocycles. The maximum Gasteiger partial charge on any atom is 0.409 e. The van der Waals surface area contributed by atoms with Gasteiger partial charge in [-0.2, -0.15) is 0 Å². The second-order valence-corrected chi connectivity index (χ2v) is 7.30. The highest BCUT2D eigenvalue weighted by atomic mass is 32.2. The predicted molar refractivity (Wildman–Crippen MR) is 99.0 cm³/mol. The quantitative estimate of drug-likeness (QED) is 0.324. The molecule has 0 aromatic heterocycles. The number of nitrogens with zero attached hydrogens (tertiary/aromatic N) is 3. The van der Waals surface area contributed by atoms with E-state index in [1.54, 1.807) is 17.0 Å². The molecule has 26 heavy (non-hydrogen) atoms. The lowest BCUT2D eigenvalue weighted by Gasteiger charge is -2.29. The molecule has 0 radical (unpaired) electrons. The standard InChI is InChI=1S/C17H23N3O5S/c21-17(19-5-1-2-6-19)25-11-12-26-16-13-14(3-4-15(16)20(22)23)18-7-9-24-10-8-18/h3-4,13H,1-2,5-12H2. The molecule has 1 aromatic rings. The Morgan fingerprint density at radius 2 is 1.96 bits per heavy atom. The number of nitro groups is 1. The summed E-state index contributed by atoms with van der Waals surface area (Å²) >= 11 is 1.34. The molecule has 2 heterocycles. The van der Waals surface area contributed by atoms with Crippen LogP contribution in [-0.4, -0.2) is 67.7 Å². The summed E-state index contributed by atoms with van der Waals surface area (Å²) in [5, 5.41) is 11.3. The number of rotatable bonds is 6. The van der Waals surface area contributed by atoms with Crippen LogP contribution in [0.3, 0.4) is 0 Å². The average molecular weight is 381 g/mol. The van der Waals surface area contributed by atoms with Crippen molar-refractivity contribution in [1.82, 2.24) is 4.90 Å². The van der Waals surface area contributed by atoms with E-state index in [2.05, 4.69) is 4.90 Å². The first kappa shape index (κ1) is 18.8. The zero-order valence-electron chi connectivity index (χ0n) is 14.6. The number of carbonyl (C=O) groups is 1. The van der Waals surface area contributed by atoms with Gasteiger partial charge in [-0.15, -0.1) is 11.8 Å². The number of amides is 1. The number of hydrogen-bond acceptors (Lipinski definition) is 7. The third-order valence-corrected chi connectivity index (χ3v) is 5.46. The van der Waals surface area contributed by atoms with Crippen LogP contribution in [0.4, 0.5) is 16.2 Å². The molecule has 2 aliphatic heterocycles. The van der Waals surface area contributed by atoms with Crippen LogP contribution in [0.15, 0.2) is 23.1 Å². The molecule has 2 saturated heterocycles. The van der Waals surface area contributed by atoms with Gasteiger partial charge in [0.05, 0.1) is 23.0 Å². The van der Waals surface area contributed by atoms with E-state index in [1.807, 2.05) is 6.07 Å². The van der Waals surface area contributed by atoms with Gasteiger partial charge in [-0.3, -0.25) is 10.1 Å². The molecule has 0 N–H and O–H groups in total. The number of carbonyl (C=O) groups excluding carboxylic acids is 1. The smallest absolute Gasteiger partial charge is 0.409 e. The van der Waals surface area contributed by atoms with Crippen molar-refractivity contribution >= 4 is 29.2 Å². The highest BCUT2D eigenvalue weighted by Gasteiger charge is 2.20. The minimum Gasteiger partial charge on any atom is -0.449 e. The van der Waals surface area contributed by atoms with Gasteiger partial charge in [-0.05, 0) is 25.0 Å². The zero-order chi connectivity index (χ0) is 18.4. The van der Waals surface area contributed by atoms with Crippen molar-refractivity contribution < 1.29 is 19.2 Å². The van der Waals surface area contributed by atoms with Crippen molar-refractivity contribution in [2.75, 3.05) is 56.7 Å². The van der Waals surface area contributed by atoms with E-state index in [4.69, 9.17) is 9.47 Å². The number of morpholine rings is 1. The Hall–Kier alpha value is -2.00. The molecule has 0 unspecified atom stereocenters. The Balaban J connectivity index is 1.57. The molecule has 142 valence electrons. The maximum atomic E-state index is 11.9. The number of hydrogen-bond donors (Lipinski definition) is 0. The van der Waals surface area contributed by atoms with Gasteiger partial charge in [0.1, 0.15) is 6.61 Å². The molecule has 2 fully saturated rings. The molecule has 8 nitrogen and oxygen atoms in total. The van der Waals surface area contributed by atoms with Crippen LogP contribution in [0.25, 0.3) is 0 Å². The molecule has 1 amide bonds. The highest BCUT2D eigenvalue weighted by Crippen LogP contribution is 2.33. The summed E-state index contributed by atoms with van der Waals surface area (Å²) in [6, 6.07) is 5.17. The van der Waals surface area contributed by atoms with Crippen LogP contribution in [0.5, 0.6) is 0 Å². The fourth-order valence-electron chi connectivity index (χ4n) is 3.06. The monoisotopic (exact) mass is 381 g/mol. The van der Waals surface area contributed by atoms with Gasteiger partial charge in [0.25, 0.3) is 5.69 Å². The largest absolute Gasteiger partial charge is 0.449 e. The minimum atomic E-state index is -0.373. The van der Waals surface area contributed by atoms with E-state index in [9.17, 15) is 14.9 Å². The molecule has 0 saturated carbocycles. The maximum absolute atomic E-state index is 11.9. The summed E-state index contributed by atoms with van der Waals surface area (Å²) in [7, 11) is 0. The van der Waals surface area contributed by atoms with Gasteiger partial charge in [0, 0.05) is 43.7 Å². The number of benzene rings is 1. The molecular formula is C17H23N3O5S. The van der Waals surface area contributed by atoms with Crippen molar-refractivity contribution in [3.63, 3.8) is 0 Å². The first-order valence-corrected chi connectivity index (χ1v) is 9.79. The second kappa shape index (κ2) is 9.09. The Morgan fingerprint density at radius 3 is 2.65 bits per heavy atom. The van der Waals surface area contributed by atoms with Crippen LogP contribution in [0, 0.1) is 10.1 Å². The number of likely N-dealkylation sites (tertiary alicyclic amines) is 1. The summed E-state index contributed by atoms with van der Waals surface area (Å²) in [5.41, 5.74) is 1.04. The summed E-state index contributed by atoms with van der Waals surface area (Å²) in [6.07, 6.45) is 1.74. The molecule has 3 rings (SSSR count). The fraction of sp³-hybridized carbons (Fsp3) is 0.588. The van der Waals surface area contributed by atoms with Crippen LogP contribution in [0.1, 0.15) is 12.8 Å². The fourth-order valence-corrected chi connectivity index (χ4v) is 3.94. The third-order valence-electron chi connectivity index (χ3n) is 4.45. The summed E-state index contributed by atoms with van der Waals surface area (Å²) < 4.78 is 10.6. The SMILES string of the molecule is O=C(OCCSc1cc(N2CCOCC2)ccc1[N+](=O)[O-])N1CCCC1. The number of ether oxygens (including phenoxy) is 2. The Morgan fingerprint density at radius 1 is 1.23 bits per heavy atom. The van der Waals surface area contributed by atoms with Gasteiger partial charge in [0.15, 0.2) is 0 Å². The molecule has 1 aromatic carbocycles. The number of thioether (sulfide) groups is 1. The first-order chi connectivity index (χ1) is 12.6. The van der Waals surface area contributed by atoms with Gasteiger partial charge >= 0.3 is 6.09 Å². The second-order valence-electron chi connectivity index (χ2n) is 6.17. The highest BCUT2D eigenvalue weighted by molar-refractivity contribution is 7.99. The van der Waals surface area contributed by atoms with E-state index in [-0.39, 0.29) is 23.3 Å². The molecule has 2 aliphatic rings. The van der Waals surface area contributed by atoms with E-state index in [0.29, 0.717) is 23.9 Å². The number of nitro benzene ring substituents is 1. The average Bonchev–Trinajstić information content (AvgIpc) is 3.20. The molecule has 9 heteroatoms. The molecule has 0 bridgehead atoms. The summed E-state index contributed by atoms with van der Waals surface area (Å²) in [6.45, 7) is 4.60. The van der Waals surface area contributed by atoms with Gasteiger partial charge in [-0.25, -0.2) is 4.79 Å². The van der Waals surface area contributed by atoms with Crippen molar-refractivity contribution in [2.45, 2.75) is 17.7 Å². The zero-order valence-corrected chi connectivity index (χ0v) is 15.4. The van der Waals surface area contributed by atoms with E-state index in [0.717, 1.165) is 44.7 Å². The van der Waals surface area contributed by atoms with E-state index in [1.165, 1.54) is 11.8 Å². The summed E-state index contributed by atoms with van der Waals surface area (Å²) in [4.78, 5) is 27.2. The van der Waals surface area contributed by atoms with Crippen molar-refractivity contribution in [3.05, 3.63) is 28.3 Å². The number of anilines is 1. The van der Waals surface area contributed by atoms with Crippen LogP contribution < -0.4 is 4.90 Å². The normalized spacial score (nSPS) is 17.4. The van der Waals surface area contributed by atoms with Crippen LogP contribution in [-0.2, 0) is 9.47 Å². The Labute approximate surface area is 156 Å². The lowest BCUT2D eigenvalue weighted by atomic mass is 10.2. The Kier molecular flexibility index (Phi) is 6.56. The molecular weight excluding hydrogens is 358 g/mol.